The van der Waals surface area contributed by atoms with Crippen LogP contribution in [0, 0.1) is 0 Å². The number of halogens is 3. The topological polar surface area (TPSA) is 33.5 Å². The molecular weight excluding hydrogens is 317 g/mol. The lowest BCUT2D eigenvalue weighted by Gasteiger charge is -2.14. The van der Waals surface area contributed by atoms with Gasteiger partial charge in [-0.2, -0.15) is 13.2 Å². The van der Waals surface area contributed by atoms with Crippen molar-refractivity contribution in [3.05, 3.63) is 71.3 Å². The number of benzene rings is 2. The standard InChI is InChI=1S/C18H19F3N2O/c1-23(12-15-7-9-16(10-8-15)18(19,20)21)13-17(24)22-11-14-5-3-2-4-6-14/h2-10H,11-13H2,1H3,(H,22,24)/p+1. The highest BCUT2D eigenvalue weighted by atomic mass is 19.4. The van der Waals surface area contributed by atoms with Crippen LogP contribution in [0.25, 0.3) is 0 Å². The molecule has 1 atom stereocenters. The number of amides is 1. The molecule has 0 fully saturated rings. The molecule has 0 aliphatic carbocycles. The third-order valence-corrected chi connectivity index (χ3v) is 3.58. The highest BCUT2D eigenvalue weighted by molar-refractivity contribution is 5.76. The van der Waals surface area contributed by atoms with Crippen molar-refractivity contribution in [2.45, 2.75) is 19.3 Å². The second kappa shape index (κ2) is 7.97. The van der Waals surface area contributed by atoms with Crippen LogP contribution < -0.4 is 10.2 Å². The number of carbonyl (C=O) groups excluding carboxylic acids is 1. The van der Waals surface area contributed by atoms with E-state index in [9.17, 15) is 18.0 Å². The van der Waals surface area contributed by atoms with Crippen LogP contribution in [0.15, 0.2) is 54.6 Å². The van der Waals surface area contributed by atoms with Gasteiger partial charge in [0.05, 0.1) is 12.6 Å². The number of hydrogen-bond acceptors (Lipinski definition) is 1. The van der Waals surface area contributed by atoms with E-state index in [1.807, 2.05) is 37.4 Å². The summed E-state index contributed by atoms with van der Waals surface area (Å²) in [6.07, 6.45) is -4.32. The van der Waals surface area contributed by atoms with Gasteiger partial charge in [0.15, 0.2) is 6.54 Å². The van der Waals surface area contributed by atoms with Gasteiger partial charge in [0, 0.05) is 12.1 Å². The summed E-state index contributed by atoms with van der Waals surface area (Å²) in [5.74, 6) is -0.0942. The van der Waals surface area contributed by atoms with Gasteiger partial charge >= 0.3 is 6.18 Å². The Morgan fingerprint density at radius 3 is 2.21 bits per heavy atom. The maximum Gasteiger partial charge on any atom is 0.416 e. The molecule has 0 aliphatic heterocycles. The van der Waals surface area contributed by atoms with Crippen LogP contribution in [0.4, 0.5) is 13.2 Å². The zero-order chi connectivity index (χ0) is 17.6. The first-order valence-corrected chi connectivity index (χ1v) is 7.62. The van der Waals surface area contributed by atoms with Gasteiger partial charge in [0.2, 0.25) is 0 Å². The molecule has 6 heteroatoms. The summed E-state index contributed by atoms with van der Waals surface area (Å²) >= 11 is 0. The molecule has 2 rings (SSSR count). The molecule has 0 saturated carbocycles. The maximum absolute atomic E-state index is 12.5. The number of carbonyl (C=O) groups is 1. The number of rotatable bonds is 6. The molecule has 0 bridgehead atoms. The Morgan fingerprint density at radius 1 is 1.00 bits per heavy atom. The zero-order valence-electron chi connectivity index (χ0n) is 13.4. The summed E-state index contributed by atoms with van der Waals surface area (Å²) in [4.78, 5) is 12.8. The maximum atomic E-state index is 12.5. The molecule has 1 amide bonds. The van der Waals surface area contributed by atoms with Crippen molar-refractivity contribution in [3.63, 3.8) is 0 Å². The molecule has 0 aliphatic rings. The van der Waals surface area contributed by atoms with Gasteiger partial charge in [-0.25, -0.2) is 0 Å². The first-order valence-electron chi connectivity index (χ1n) is 7.62. The van der Waals surface area contributed by atoms with Crippen LogP contribution in [0.2, 0.25) is 0 Å². The normalized spacial score (nSPS) is 12.7. The summed E-state index contributed by atoms with van der Waals surface area (Å²) in [5.41, 5.74) is 1.12. The summed E-state index contributed by atoms with van der Waals surface area (Å²) in [6, 6.07) is 14.6. The second-order valence-corrected chi connectivity index (χ2v) is 5.77. The third-order valence-electron chi connectivity index (χ3n) is 3.58. The van der Waals surface area contributed by atoms with Crippen molar-refractivity contribution in [2.75, 3.05) is 13.6 Å². The molecule has 2 aromatic rings. The van der Waals surface area contributed by atoms with E-state index < -0.39 is 11.7 Å². The number of quaternary nitrogens is 1. The minimum absolute atomic E-state index is 0.0942. The summed E-state index contributed by atoms with van der Waals surface area (Å²) in [7, 11) is 1.83. The highest BCUT2D eigenvalue weighted by Gasteiger charge is 2.30. The number of alkyl halides is 3. The summed E-state index contributed by atoms with van der Waals surface area (Å²) in [5, 5.41) is 2.84. The van der Waals surface area contributed by atoms with Crippen molar-refractivity contribution >= 4 is 5.91 Å². The van der Waals surface area contributed by atoms with Crippen LogP contribution in [0.5, 0.6) is 0 Å². The van der Waals surface area contributed by atoms with Gasteiger partial charge < -0.3 is 10.2 Å². The highest BCUT2D eigenvalue weighted by Crippen LogP contribution is 2.28. The van der Waals surface area contributed by atoms with Gasteiger partial charge in [-0.1, -0.05) is 42.5 Å². The van der Waals surface area contributed by atoms with Crippen molar-refractivity contribution in [1.29, 1.82) is 0 Å². The van der Waals surface area contributed by atoms with E-state index in [0.29, 0.717) is 13.1 Å². The minimum atomic E-state index is -4.32. The fraction of sp³-hybridized carbons (Fsp3) is 0.278. The van der Waals surface area contributed by atoms with Crippen molar-refractivity contribution in [3.8, 4) is 0 Å². The second-order valence-electron chi connectivity index (χ2n) is 5.77. The van der Waals surface area contributed by atoms with E-state index in [0.717, 1.165) is 28.2 Å². The van der Waals surface area contributed by atoms with Gasteiger partial charge in [-0.3, -0.25) is 4.79 Å². The van der Waals surface area contributed by atoms with Crippen molar-refractivity contribution in [2.24, 2.45) is 0 Å². The molecule has 0 saturated heterocycles. The molecule has 0 aromatic heterocycles. The summed E-state index contributed by atoms with van der Waals surface area (Å²) < 4.78 is 37.6. The van der Waals surface area contributed by atoms with E-state index in [4.69, 9.17) is 0 Å². The Balaban J connectivity index is 1.80. The van der Waals surface area contributed by atoms with Crippen LogP contribution in [-0.4, -0.2) is 19.5 Å². The molecule has 0 radical (unpaired) electrons. The Hall–Kier alpha value is -2.34. The van der Waals surface area contributed by atoms with Crippen LogP contribution in [-0.2, 0) is 24.1 Å². The average molecular weight is 337 g/mol. The van der Waals surface area contributed by atoms with E-state index in [1.54, 1.807) is 0 Å². The lowest BCUT2D eigenvalue weighted by atomic mass is 10.1. The number of likely N-dealkylation sites (N-methyl/N-ethyl adjacent to an activating group) is 1. The lowest BCUT2D eigenvalue weighted by molar-refractivity contribution is -0.885. The lowest BCUT2D eigenvalue weighted by Crippen LogP contribution is -3.08. The van der Waals surface area contributed by atoms with E-state index >= 15 is 0 Å². The smallest absolute Gasteiger partial charge is 0.347 e. The Morgan fingerprint density at radius 2 is 1.62 bits per heavy atom. The number of nitrogens with one attached hydrogen (secondary N) is 2. The third kappa shape index (κ3) is 5.70. The first-order chi connectivity index (χ1) is 11.3. The van der Waals surface area contributed by atoms with Crippen LogP contribution in [0.3, 0.4) is 0 Å². The molecule has 2 aromatic carbocycles. The minimum Gasteiger partial charge on any atom is -0.347 e. The molecular formula is C18H20F3N2O+. The molecule has 24 heavy (non-hydrogen) atoms. The molecule has 0 heterocycles. The van der Waals surface area contributed by atoms with Crippen molar-refractivity contribution in [1.82, 2.24) is 5.32 Å². The average Bonchev–Trinajstić information content (AvgIpc) is 2.53. The summed E-state index contributed by atoms with van der Waals surface area (Å²) in [6.45, 7) is 1.21. The molecule has 3 nitrogen and oxygen atoms in total. The van der Waals surface area contributed by atoms with Gasteiger partial charge in [0.1, 0.15) is 6.54 Å². The van der Waals surface area contributed by atoms with E-state index in [-0.39, 0.29) is 12.5 Å². The predicted octanol–water partition coefficient (Wildman–Crippen LogP) is 2.04. The van der Waals surface area contributed by atoms with Crippen LogP contribution in [0.1, 0.15) is 16.7 Å². The van der Waals surface area contributed by atoms with Crippen molar-refractivity contribution < 1.29 is 22.9 Å². The molecule has 0 spiro atoms. The molecule has 1 unspecified atom stereocenters. The SMILES string of the molecule is C[NH+](CC(=O)NCc1ccccc1)Cc1ccc(C(F)(F)F)cc1. The fourth-order valence-electron chi connectivity index (χ4n) is 2.36. The predicted molar refractivity (Wildman–Crippen MR) is 85.2 cm³/mol. The van der Waals surface area contributed by atoms with Crippen LogP contribution >= 0.6 is 0 Å². The first kappa shape index (κ1) is 18.0. The van der Waals surface area contributed by atoms with Gasteiger partial charge in [-0.05, 0) is 17.7 Å². The Labute approximate surface area is 139 Å². The van der Waals surface area contributed by atoms with E-state index in [1.165, 1.54) is 12.1 Å². The largest absolute Gasteiger partial charge is 0.416 e. The van der Waals surface area contributed by atoms with Gasteiger partial charge in [-0.15, -0.1) is 0 Å². The fourth-order valence-corrected chi connectivity index (χ4v) is 2.36. The Bertz CT molecular complexity index is 654. The monoisotopic (exact) mass is 337 g/mol. The molecule has 128 valence electrons. The molecule has 2 N–H and O–H groups in total. The zero-order valence-corrected chi connectivity index (χ0v) is 13.4. The van der Waals surface area contributed by atoms with Gasteiger partial charge in [0.25, 0.3) is 5.91 Å². The quantitative estimate of drug-likeness (QED) is 0.831. The number of hydrogen-bond donors (Lipinski definition) is 2. The van der Waals surface area contributed by atoms with E-state index in [2.05, 4.69) is 5.32 Å². The Kier molecular flexibility index (Phi) is 5.98.